The predicted molar refractivity (Wildman–Crippen MR) is 331 cm³/mol. The molecule has 2 aliphatic heterocycles. The van der Waals surface area contributed by atoms with E-state index in [1.165, 1.54) is 0 Å². The van der Waals surface area contributed by atoms with Crippen LogP contribution in [0.25, 0.3) is 78.1 Å². The van der Waals surface area contributed by atoms with Crippen molar-refractivity contribution in [2.75, 3.05) is 67.2 Å². The largest absolute Gasteiger partial charge is 0.726 e. The first kappa shape index (κ1) is 60.2. The molecule has 0 unspecified atom stereocenters. The Kier molecular flexibility index (Phi) is 17.0. The van der Waals surface area contributed by atoms with Gasteiger partial charge in [0.05, 0.1) is 50.9 Å². The maximum absolute atomic E-state index is 12.8. The lowest BCUT2D eigenvalue weighted by Crippen LogP contribution is -2.33. The minimum Gasteiger partial charge on any atom is -0.726 e. The monoisotopic (exact) mass is 1210 g/mol. The lowest BCUT2D eigenvalue weighted by molar-refractivity contribution is -0.538. The molecule has 0 saturated heterocycles. The standard InChI is InChI=1S/C60H50N9O.3H2O4S/c1-64(2)53-35-58-49(61-46-24-16-17-25-52(46)67(58)39-18-10-7-11-19-39)32-43(53)38-26-28-47-56(30-38)68(40-20-12-8-13-21-40)59-36-54(65(3)4)44(33-50(59)62-47)45-34-51-60(37-55(45)66(5)6)69(41-22-14-9-15-23-41)57-31-42(70)27-29-48(57)63-51;3*1-5(2,3)4/h7-37,61H,1-6H3;3*(H2,1,2,3,4)/q+1;;;/p-1. The fourth-order valence-corrected chi connectivity index (χ4v) is 10.2. The highest BCUT2D eigenvalue weighted by atomic mass is 32.3. The molecule has 0 spiro atoms. The smallest absolute Gasteiger partial charge is 0.394 e. The molecular formula is C60H55N9O13S3. The van der Waals surface area contributed by atoms with Gasteiger partial charge in [-0.3, -0.25) is 27.6 Å². The van der Waals surface area contributed by atoms with Crippen molar-refractivity contribution in [2.24, 2.45) is 0 Å². The number of hydrogen-bond acceptors (Lipinski definition) is 15. The molecule has 3 heterocycles. The van der Waals surface area contributed by atoms with Crippen LogP contribution in [-0.4, -0.2) is 109 Å². The number of aromatic nitrogens is 4. The molecule has 8 aromatic carbocycles. The highest BCUT2D eigenvalue weighted by Gasteiger charge is 2.29. The molecule has 0 saturated carbocycles. The van der Waals surface area contributed by atoms with Gasteiger partial charge in [0, 0.05) is 112 Å². The Hall–Kier alpha value is -9.41. The fourth-order valence-electron chi connectivity index (χ4n) is 10.2. The van der Waals surface area contributed by atoms with Crippen LogP contribution in [0.3, 0.4) is 0 Å². The van der Waals surface area contributed by atoms with Gasteiger partial charge in [0.25, 0.3) is 0 Å². The van der Waals surface area contributed by atoms with E-state index in [0.717, 1.165) is 124 Å². The maximum Gasteiger partial charge on any atom is 0.394 e. The topological polar surface area (TPSA) is 303 Å². The van der Waals surface area contributed by atoms with Gasteiger partial charge in [-0.05, 0) is 90.5 Å². The normalized spacial score (nSPS) is 11.9. The summed E-state index contributed by atoms with van der Waals surface area (Å²) in [5.41, 5.74) is 21.5. The molecule has 12 rings (SSSR count). The summed E-state index contributed by atoms with van der Waals surface area (Å²) in [7, 11) is -1.68. The minimum atomic E-state index is -4.92. The van der Waals surface area contributed by atoms with Crippen LogP contribution >= 0.6 is 0 Å². The van der Waals surface area contributed by atoms with Gasteiger partial charge in [-0.25, -0.2) is 18.4 Å². The number of nitrogens with zero attached hydrogens (tertiary/aromatic N) is 8. The molecule has 0 amide bonds. The average molecular weight is 1210 g/mol. The molecule has 1 aliphatic carbocycles. The second kappa shape index (κ2) is 24.1. The Morgan fingerprint density at radius 2 is 0.988 bits per heavy atom. The predicted octanol–water partition coefficient (Wildman–Crippen LogP) is 10.2. The van der Waals surface area contributed by atoms with Crippen LogP contribution in [0, 0.1) is 0 Å². The first-order valence-electron chi connectivity index (χ1n) is 25.5. The SMILES string of the molecule is CN(C)c1cc2c(cc1-c1ccc3nc4cc(-c5cc6nc7ccc(=O)cc-7n(-c7ccccc7)c6cc5N(C)C)c(N(C)C)cc4[n+](-c4ccccc4)c3c1)Nc1ccccc1N2c1ccccc1.O=S(=O)(O)O.O=S(=O)(O)O.O=S(=O)([O-])O. The number of para-hydroxylation sites is 5. The van der Waals surface area contributed by atoms with E-state index >= 15 is 0 Å². The van der Waals surface area contributed by atoms with Crippen molar-refractivity contribution in [1.29, 1.82) is 0 Å². The summed E-state index contributed by atoms with van der Waals surface area (Å²) in [6, 6.07) is 65.0. The molecule has 1 aromatic heterocycles. The number of fused-ring (bicyclic) bond motifs is 6. The van der Waals surface area contributed by atoms with Gasteiger partial charge in [0.2, 0.25) is 27.1 Å². The van der Waals surface area contributed by atoms with Crippen molar-refractivity contribution < 1.29 is 57.1 Å². The summed E-state index contributed by atoms with van der Waals surface area (Å²) in [4.78, 5) is 32.4. The van der Waals surface area contributed by atoms with Crippen LogP contribution in [0.4, 0.5) is 45.5 Å². The summed E-state index contributed by atoms with van der Waals surface area (Å²) in [5.74, 6) is 0. The molecule has 0 fully saturated rings. The highest BCUT2D eigenvalue weighted by Crippen LogP contribution is 2.51. The summed E-state index contributed by atoms with van der Waals surface area (Å²) in [6.07, 6.45) is 0. The average Bonchev–Trinajstić information content (AvgIpc) is 1.01. The zero-order valence-corrected chi connectivity index (χ0v) is 48.7. The third-order valence-electron chi connectivity index (χ3n) is 13.4. The van der Waals surface area contributed by atoms with Gasteiger partial charge in [-0.1, -0.05) is 72.8 Å². The van der Waals surface area contributed by atoms with Crippen LogP contribution in [0.1, 0.15) is 0 Å². The van der Waals surface area contributed by atoms with E-state index in [-0.39, 0.29) is 5.43 Å². The van der Waals surface area contributed by atoms with Crippen LogP contribution < -0.4 is 34.9 Å². The molecule has 25 heteroatoms. The lowest BCUT2D eigenvalue weighted by atomic mass is 9.97. The zero-order chi connectivity index (χ0) is 61.3. The number of rotatable bonds is 8. The van der Waals surface area contributed by atoms with Crippen molar-refractivity contribution in [3.8, 4) is 45.0 Å². The van der Waals surface area contributed by atoms with E-state index in [2.05, 4.69) is 228 Å². The fraction of sp³-hybridized carbons (Fsp3) is 0.100. The maximum atomic E-state index is 12.8. The van der Waals surface area contributed by atoms with Crippen molar-refractivity contribution >= 4 is 110 Å². The summed E-state index contributed by atoms with van der Waals surface area (Å²) >= 11 is 0. The first-order valence-corrected chi connectivity index (χ1v) is 29.7. The van der Waals surface area contributed by atoms with Gasteiger partial charge in [0.1, 0.15) is 11.0 Å². The molecule has 85 heavy (non-hydrogen) atoms. The second-order valence-corrected chi connectivity index (χ2v) is 22.5. The van der Waals surface area contributed by atoms with E-state index in [9.17, 15) is 4.79 Å². The third-order valence-corrected chi connectivity index (χ3v) is 13.4. The Labute approximate surface area is 489 Å². The molecule has 6 N–H and O–H groups in total. The quantitative estimate of drug-likeness (QED) is 0.0357. The third kappa shape index (κ3) is 14.0. The van der Waals surface area contributed by atoms with Crippen LogP contribution in [0.2, 0.25) is 0 Å². The van der Waals surface area contributed by atoms with E-state index in [1.807, 2.05) is 24.3 Å². The van der Waals surface area contributed by atoms with Crippen molar-refractivity contribution in [1.82, 2.24) is 14.5 Å². The van der Waals surface area contributed by atoms with Crippen molar-refractivity contribution in [3.05, 3.63) is 198 Å². The van der Waals surface area contributed by atoms with Gasteiger partial charge < -0.3 is 34.0 Å². The van der Waals surface area contributed by atoms with Crippen molar-refractivity contribution in [3.63, 3.8) is 0 Å². The summed E-state index contributed by atoms with van der Waals surface area (Å²) in [5, 5.41) is 3.79. The molecule has 0 bridgehead atoms. The van der Waals surface area contributed by atoms with Gasteiger partial charge in [0.15, 0.2) is 5.43 Å². The number of nitrogens with one attached hydrogen (secondary N) is 1. The second-order valence-electron chi connectivity index (χ2n) is 19.8. The Morgan fingerprint density at radius 3 is 1.58 bits per heavy atom. The van der Waals surface area contributed by atoms with Crippen LogP contribution in [-0.2, 0) is 31.2 Å². The Morgan fingerprint density at radius 1 is 0.482 bits per heavy atom. The first-order chi connectivity index (χ1) is 40.1. The van der Waals surface area contributed by atoms with E-state index in [0.29, 0.717) is 0 Å². The van der Waals surface area contributed by atoms with E-state index < -0.39 is 31.2 Å². The summed E-state index contributed by atoms with van der Waals surface area (Å²) < 4.78 is 100. The summed E-state index contributed by atoms with van der Waals surface area (Å²) in [6.45, 7) is 0. The molecule has 3 aliphatic rings. The van der Waals surface area contributed by atoms with Crippen molar-refractivity contribution in [2.45, 2.75) is 0 Å². The minimum absolute atomic E-state index is 0.0603. The molecule has 22 nitrogen and oxygen atoms in total. The van der Waals surface area contributed by atoms with Gasteiger partial charge in [-0.15, -0.1) is 4.57 Å². The van der Waals surface area contributed by atoms with E-state index in [1.54, 1.807) is 12.1 Å². The number of hydrogen-bond donors (Lipinski definition) is 6. The lowest BCUT2D eigenvalue weighted by Gasteiger charge is -2.35. The van der Waals surface area contributed by atoms with Crippen LogP contribution in [0.15, 0.2) is 193 Å². The molecule has 0 atom stereocenters. The molecule has 0 radical (unpaired) electrons. The van der Waals surface area contributed by atoms with Gasteiger partial charge >= 0.3 is 20.8 Å². The highest BCUT2D eigenvalue weighted by molar-refractivity contribution is 7.80. The number of anilines is 8. The van der Waals surface area contributed by atoms with Crippen LogP contribution in [0.5, 0.6) is 0 Å². The molecular weight excluding hydrogens is 1150 g/mol. The zero-order valence-electron chi connectivity index (χ0n) is 46.2. The van der Waals surface area contributed by atoms with E-state index in [4.69, 9.17) is 62.5 Å². The number of benzene rings is 9. The van der Waals surface area contributed by atoms with Gasteiger partial charge in [-0.2, -0.15) is 16.8 Å². The Balaban J connectivity index is 0.000000516. The molecule has 436 valence electrons. The Bertz CT molecular complexity index is 4620. The molecule has 9 aromatic rings.